The number of nitrogens with zero attached hydrogens (tertiary/aromatic N) is 3. The molecule has 2 aromatic carbocycles. The van der Waals surface area contributed by atoms with Crippen LogP contribution >= 0.6 is 0 Å². The molecular weight excluding hydrogens is 452 g/mol. The molecule has 10 heteroatoms. The van der Waals surface area contributed by atoms with Crippen molar-refractivity contribution in [3.63, 3.8) is 0 Å². The molecule has 3 aromatic rings. The number of rotatable bonds is 7. The zero-order valence-electron chi connectivity index (χ0n) is 19.4. The minimum absolute atomic E-state index is 0.0109. The predicted molar refractivity (Wildman–Crippen MR) is 132 cm³/mol. The summed E-state index contributed by atoms with van der Waals surface area (Å²) in [6.45, 7) is 3.36. The van der Waals surface area contributed by atoms with Crippen LogP contribution < -0.4 is 20.9 Å². The molecule has 2 aliphatic rings. The van der Waals surface area contributed by atoms with Gasteiger partial charge in [-0.2, -0.15) is 4.98 Å². The first-order valence-corrected chi connectivity index (χ1v) is 13.1. The van der Waals surface area contributed by atoms with Crippen LogP contribution in [0, 0.1) is 6.92 Å². The number of benzene rings is 2. The fraction of sp³-hybridized carbons (Fsp3) is 0.417. The Balaban J connectivity index is 1.49. The monoisotopic (exact) mass is 482 g/mol. The molecule has 1 aliphatic heterocycles. The van der Waals surface area contributed by atoms with E-state index in [1.54, 1.807) is 19.2 Å². The fourth-order valence-corrected chi connectivity index (χ4v) is 5.88. The van der Waals surface area contributed by atoms with Gasteiger partial charge in [0.2, 0.25) is 5.95 Å². The zero-order valence-corrected chi connectivity index (χ0v) is 20.2. The van der Waals surface area contributed by atoms with Crippen molar-refractivity contribution in [2.24, 2.45) is 0 Å². The summed E-state index contributed by atoms with van der Waals surface area (Å²) in [4.78, 5) is 12.0. The molecule has 0 radical (unpaired) electrons. The van der Waals surface area contributed by atoms with Gasteiger partial charge in [0.05, 0.1) is 16.2 Å². The van der Waals surface area contributed by atoms with Crippen molar-refractivity contribution in [2.75, 3.05) is 36.1 Å². The number of aryl methyl sites for hydroxylation is 1. The van der Waals surface area contributed by atoms with Gasteiger partial charge in [-0.1, -0.05) is 29.8 Å². The molecule has 1 aliphatic carbocycles. The largest absolute Gasteiger partial charge is 0.368 e. The van der Waals surface area contributed by atoms with Crippen molar-refractivity contribution < 1.29 is 13.5 Å². The number of anilines is 2. The summed E-state index contributed by atoms with van der Waals surface area (Å²) in [5.41, 5.74) is 2.46. The number of aliphatic hydroxyl groups is 1. The predicted octanol–water partition coefficient (Wildman–Crippen LogP) is 1.76. The van der Waals surface area contributed by atoms with Crippen molar-refractivity contribution in [2.45, 2.75) is 43.1 Å². The van der Waals surface area contributed by atoms with Crippen molar-refractivity contribution in [3.05, 3.63) is 53.6 Å². The lowest BCUT2D eigenvalue weighted by atomic mass is 10.1. The first-order chi connectivity index (χ1) is 16.3. The number of hydrogen-bond acceptors (Lipinski definition) is 9. The molecule has 0 bridgehead atoms. The number of aromatic nitrogens is 2. The lowest BCUT2D eigenvalue weighted by Crippen LogP contribution is -2.50. The van der Waals surface area contributed by atoms with Crippen LogP contribution in [0.2, 0.25) is 0 Å². The van der Waals surface area contributed by atoms with Crippen molar-refractivity contribution in [3.8, 4) is 0 Å². The van der Waals surface area contributed by atoms with Gasteiger partial charge in [-0.15, -0.1) is 0 Å². The Morgan fingerprint density at radius 3 is 2.74 bits per heavy atom. The quantitative estimate of drug-likeness (QED) is 0.374. The van der Waals surface area contributed by atoms with Gasteiger partial charge in [-0.05, 0) is 50.6 Å². The van der Waals surface area contributed by atoms with Crippen molar-refractivity contribution in [1.82, 2.24) is 20.6 Å². The van der Waals surface area contributed by atoms with E-state index in [9.17, 15) is 13.5 Å². The van der Waals surface area contributed by atoms with Gasteiger partial charge in [0, 0.05) is 30.6 Å². The summed E-state index contributed by atoms with van der Waals surface area (Å²) in [5.74, 6) is 1.21. The maximum absolute atomic E-state index is 12.8. The van der Waals surface area contributed by atoms with Crippen LogP contribution in [0.25, 0.3) is 10.9 Å². The smallest absolute Gasteiger partial charge is 0.228 e. The molecule has 180 valence electrons. The van der Waals surface area contributed by atoms with Gasteiger partial charge >= 0.3 is 0 Å². The van der Waals surface area contributed by atoms with Gasteiger partial charge in [-0.3, -0.25) is 10.6 Å². The molecule has 0 saturated heterocycles. The normalized spacial score (nSPS) is 19.3. The maximum Gasteiger partial charge on any atom is 0.228 e. The Labute approximate surface area is 199 Å². The van der Waals surface area contributed by atoms with Crippen LogP contribution in [-0.4, -0.2) is 61.3 Å². The molecular formula is C24H30N6O3S. The van der Waals surface area contributed by atoms with E-state index >= 15 is 0 Å². The molecule has 0 amide bonds. The van der Waals surface area contributed by atoms with E-state index in [1.807, 2.05) is 36.1 Å². The summed E-state index contributed by atoms with van der Waals surface area (Å²) in [5, 5.41) is 20.4. The van der Waals surface area contributed by atoms with Crippen molar-refractivity contribution >= 4 is 32.5 Å². The molecule has 1 fully saturated rings. The van der Waals surface area contributed by atoms with E-state index in [1.165, 1.54) is 0 Å². The third kappa shape index (κ3) is 4.58. The van der Waals surface area contributed by atoms with Gasteiger partial charge in [0.1, 0.15) is 5.82 Å². The molecule has 0 spiro atoms. The Hall–Kier alpha value is -2.79. The minimum atomic E-state index is -3.36. The lowest BCUT2D eigenvalue weighted by molar-refractivity contribution is 0.0935. The lowest BCUT2D eigenvalue weighted by Gasteiger charge is -2.24. The zero-order chi connectivity index (χ0) is 23.9. The third-order valence-electron chi connectivity index (χ3n) is 6.59. The molecule has 34 heavy (non-hydrogen) atoms. The highest BCUT2D eigenvalue weighted by molar-refractivity contribution is 7.91. The number of hydrogen-bond donors (Lipinski definition) is 4. The molecule has 4 N–H and O–H groups in total. The van der Waals surface area contributed by atoms with E-state index in [-0.39, 0.29) is 11.3 Å². The standard InChI is InChI=1S/C24H30N6O3S/c1-16-7-8-19-18(13-16)21(26-15-24(9-10-24)29-23(31)25-2)28-22(27-19)30-11-12-34(32,33)20-6-4-3-5-17(20)14-30/h3-8,13,23,25,29,31H,9-12,14-15H2,1-2H3,(H,26,27,28). The summed E-state index contributed by atoms with van der Waals surface area (Å²) >= 11 is 0. The summed E-state index contributed by atoms with van der Waals surface area (Å²) in [6, 6.07) is 13.2. The first-order valence-electron chi connectivity index (χ1n) is 11.5. The highest BCUT2D eigenvalue weighted by Gasteiger charge is 2.43. The average molecular weight is 483 g/mol. The molecule has 2 heterocycles. The van der Waals surface area contributed by atoms with E-state index in [0.29, 0.717) is 36.3 Å². The number of aliphatic hydroxyl groups excluding tert-OH is 1. The van der Waals surface area contributed by atoms with E-state index in [2.05, 4.69) is 22.0 Å². The molecule has 1 atom stereocenters. The molecule has 1 aromatic heterocycles. The Morgan fingerprint density at radius 1 is 1.18 bits per heavy atom. The second-order valence-electron chi connectivity index (χ2n) is 9.21. The molecule has 9 nitrogen and oxygen atoms in total. The number of fused-ring (bicyclic) bond motifs is 2. The molecule has 5 rings (SSSR count). The van der Waals surface area contributed by atoms with E-state index in [0.717, 1.165) is 34.9 Å². The first kappa shape index (κ1) is 23.0. The highest BCUT2D eigenvalue weighted by atomic mass is 32.2. The van der Waals surface area contributed by atoms with Gasteiger partial charge < -0.3 is 15.3 Å². The highest BCUT2D eigenvalue weighted by Crippen LogP contribution is 2.36. The van der Waals surface area contributed by atoms with Crippen LogP contribution in [0.3, 0.4) is 0 Å². The van der Waals surface area contributed by atoms with Crippen LogP contribution in [0.4, 0.5) is 11.8 Å². The minimum Gasteiger partial charge on any atom is -0.368 e. The van der Waals surface area contributed by atoms with Crippen LogP contribution in [0.5, 0.6) is 0 Å². The second kappa shape index (κ2) is 8.77. The SMILES string of the molecule is CNC(O)NC1(CNc2nc(N3CCS(=O)(=O)c4ccccc4C3)nc3ccc(C)cc23)CC1. The maximum atomic E-state index is 12.8. The van der Waals surface area contributed by atoms with Gasteiger partial charge in [0.25, 0.3) is 0 Å². The Kier molecular flexibility index (Phi) is 5.93. The number of sulfone groups is 1. The van der Waals surface area contributed by atoms with Crippen LogP contribution in [0.15, 0.2) is 47.4 Å². The van der Waals surface area contributed by atoms with Crippen LogP contribution in [-0.2, 0) is 16.4 Å². The molecule has 1 unspecified atom stereocenters. The average Bonchev–Trinajstić information content (AvgIpc) is 3.61. The third-order valence-corrected chi connectivity index (χ3v) is 8.37. The number of nitrogens with one attached hydrogen (secondary N) is 3. The van der Waals surface area contributed by atoms with Gasteiger partial charge in [0.15, 0.2) is 16.2 Å². The van der Waals surface area contributed by atoms with E-state index < -0.39 is 16.2 Å². The topological polar surface area (TPSA) is 119 Å². The van der Waals surface area contributed by atoms with Gasteiger partial charge in [-0.25, -0.2) is 13.4 Å². The fourth-order valence-electron chi connectivity index (χ4n) is 4.38. The summed E-state index contributed by atoms with van der Waals surface area (Å²) in [6.07, 6.45) is 1.13. The van der Waals surface area contributed by atoms with E-state index in [4.69, 9.17) is 9.97 Å². The Bertz CT molecular complexity index is 1330. The Morgan fingerprint density at radius 2 is 1.97 bits per heavy atom. The molecule has 1 saturated carbocycles. The van der Waals surface area contributed by atoms with Crippen molar-refractivity contribution in [1.29, 1.82) is 0 Å². The second-order valence-corrected chi connectivity index (χ2v) is 11.3. The van der Waals surface area contributed by atoms with Crippen LogP contribution in [0.1, 0.15) is 24.0 Å². The summed E-state index contributed by atoms with van der Waals surface area (Å²) < 4.78 is 25.6. The summed E-state index contributed by atoms with van der Waals surface area (Å²) in [7, 11) is -1.66.